The highest BCUT2D eigenvalue weighted by atomic mass is 32.1. The third-order valence-electron chi connectivity index (χ3n) is 4.00. The highest BCUT2D eigenvalue weighted by Gasteiger charge is 2.34. The molecule has 4 heteroatoms. The standard InChI is InChI=1S/C15H20N2OS/c1-10-4-12-13(5-15(2,3)6-14(12)18)17(10)7-11-8-19-9-16-11/h4,8-9,14,18H,5-7H2,1-3H3. The first-order valence-electron chi connectivity index (χ1n) is 6.70. The highest BCUT2D eigenvalue weighted by Crippen LogP contribution is 2.42. The fraction of sp³-hybridized carbons (Fsp3) is 0.533. The molecular formula is C15H20N2OS. The van der Waals surface area contributed by atoms with E-state index in [2.05, 4.69) is 41.8 Å². The van der Waals surface area contributed by atoms with Gasteiger partial charge in [0.15, 0.2) is 0 Å². The van der Waals surface area contributed by atoms with Crippen LogP contribution in [0.5, 0.6) is 0 Å². The van der Waals surface area contributed by atoms with Gasteiger partial charge in [0.25, 0.3) is 0 Å². The Bertz CT molecular complexity index is 584. The Labute approximate surface area is 117 Å². The first kappa shape index (κ1) is 12.9. The van der Waals surface area contributed by atoms with Gasteiger partial charge >= 0.3 is 0 Å². The smallest absolute Gasteiger partial charge is 0.0812 e. The number of aliphatic hydroxyl groups excluding tert-OH is 1. The van der Waals surface area contributed by atoms with Gasteiger partial charge in [-0.05, 0) is 31.2 Å². The van der Waals surface area contributed by atoms with Crippen molar-refractivity contribution >= 4 is 11.3 Å². The van der Waals surface area contributed by atoms with Crippen LogP contribution >= 0.6 is 11.3 Å². The van der Waals surface area contributed by atoms with E-state index < -0.39 is 0 Å². The van der Waals surface area contributed by atoms with Crippen molar-refractivity contribution < 1.29 is 5.11 Å². The summed E-state index contributed by atoms with van der Waals surface area (Å²) < 4.78 is 2.31. The summed E-state index contributed by atoms with van der Waals surface area (Å²) in [5, 5.41) is 12.4. The van der Waals surface area contributed by atoms with Gasteiger partial charge in [0.1, 0.15) is 0 Å². The van der Waals surface area contributed by atoms with Crippen molar-refractivity contribution in [3.05, 3.63) is 39.6 Å². The molecule has 0 saturated carbocycles. The molecule has 0 aromatic carbocycles. The second-order valence-corrected chi connectivity index (χ2v) is 7.03. The molecule has 1 N–H and O–H groups in total. The van der Waals surface area contributed by atoms with E-state index in [0.717, 1.165) is 30.6 Å². The lowest BCUT2D eigenvalue weighted by molar-refractivity contribution is 0.0981. The van der Waals surface area contributed by atoms with Crippen molar-refractivity contribution in [3.8, 4) is 0 Å². The molecule has 1 unspecified atom stereocenters. The average Bonchev–Trinajstić information content (AvgIpc) is 2.90. The van der Waals surface area contributed by atoms with Crippen molar-refractivity contribution in [1.82, 2.24) is 9.55 Å². The lowest BCUT2D eigenvalue weighted by Gasteiger charge is -2.34. The van der Waals surface area contributed by atoms with E-state index in [0.29, 0.717) is 0 Å². The Hall–Kier alpha value is -1.13. The Balaban J connectivity index is 2.02. The number of hydrogen-bond acceptors (Lipinski definition) is 3. The van der Waals surface area contributed by atoms with Crippen molar-refractivity contribution in [3.63, 3.8) is 0 Å². The van der Waals surface area contributed by atoms with Gasteiger partial charge in [0.05, 0.1) is 23.9 Å². The average molecular weight is 276 g/mol. The molecule has 0 fully saturated rings. The maximum Gasteiger partial charge on any atom is 0.0812 e. The molecule has 0 bridgehead atoms. The van der Waals surface area contributed by atoms with Crippen molar-refractivity contribution in [2.24, 2.45) is 5.41 Å². The molecule has 2 aromatic heterocycles. The second kappa shape index (κ2) is 4.46. The van der Waals surface area contributed by atoms with Gasteiger partial charge in [-0.25, -0.2) is 4.98 Å². The largest absolute Gasteiger partial charge is 0.388 e. The van der Waals surface area contributed by atoms with E-state index in [4.69, 9.17) is 0 Å². The Kier molecular flexibility index (Phi) is 3.02. The molecule has 0 radical (unpaired) electrons. The third kappa shape index (κ3) is 2.35. The molecule has 1 aliphatic rings. The minimum atomic E-state index is -0.325. The quantitative estimate of drug-likeness (QED) is 0.914. The molecule has 0 saturated heterocycles. The number of aryl methyl sites for hydroxylation is 1. The first-order chi connectivity index (χ1) is 8.96. The molecule has 1 atom stereocenters. The number of nitrogens with zero attached hydrogens (tertiary/aromatic N) is 2. The Morgan fingerprint density at radius 1 is 1.53 bits per heavy atom. The van der Waals surface area contributed by atoms with E-state index in [1.54, 1.807) is 11.3 Å². The number of aliphatic hydroxyl groups is 1. The van der Waals surface area contributed by atoms with Gasteiger partial charge in [0.2, 0.25) is 0 Å². The highest BCUT2D eigenvalue weighted by molar-refractivity contribution is 7.07. The summed E-state index contributed by atoms with van der Waals surface area (Å²) in [5.41, 5.74) is 6.76. The van der Waals surface area contributed by atoms with Crippen molar-refractivity contribution in [2.75, 3.05) is 0 Å². The van der Waals surface area contributed by atoms with Gasteiger partial charge < -0.3 is 9.67 Å². The molecule has 3 nitrogen and oxygen atoms in total. The van der Waals surface area contributed by atoms with Crippen LogP contribution in [0.15, 0.2) is 17.0 Å². The summed E-state index contributed by atoms with van der Waals surface area (Å²) in [7, 11) is 0. The summed E-state index contributed by atoms with van der Waals surface area (Å²) in [6.07, 6.45) is 1.55. The van der Waals surface area contributed by atoms with Gasteiger partial charge in [-0.3, -0.25) is 0 Å². The molecule has 102 valence electrons. The van der Waals surface area contributed by atoms with Crippen molar-refractivity contribution in [1.29, 1.82) is 0 Å². The molecule has 0 amide bonds. The lowest BCUT2D eigenvalue weighted by atomic mass is 9.75. The zero-order valence-electron chi connectivity index (χ0n) is 11.7. The Morgan fingerprint density at radius 3 is 3.00 bits per heavy atom. The van der Waals surface area contributed by atoms with Crippen LogP contribution in [-0.2, 0) is 13.0 Å². The van der Waals surface area contributed by atoms with E-state index in [9.17, 15) is 5.11 Å². The van der Waals surface area contributed by atoms with Crippen LogP contribution in [0, 0.1) is 12.3 Å². The maximum atomic E-state index is 10.3. The van der Waals surface area contributed by atoms with Crippen LogP contribution in [0.4, 0.5) is 0 Å². The number of fused-ring (bicyclic) bond motifs is 1. The minimum absolute atomic E-state index is 0.164. The lowest BCUT2D eigenvalue weighted by Crippen LogP contribution is -2.27. The van der Waals surface area contributed by atoms with Crippen LogP contribution in [0.1, 0.15) is 49.0 Å². The van der Waals surface area contributed by atoms with Gasteiger partial charge in [-0.2, -0.15) is 0 Å². The van der Waals surface area contributed by atoms with E-state index in [-0.39, 0.29) is 11.5 Å². The molecule has 1 aliphatic carbocycles. The number of aromatic nitrogens is 2. The predicted octanol–water partition coefficient (Wildman–Crippen LogP) is 3.31. The van der Waals surface area contributed by atoms with Gasteiger partial charge in [-0.1, -0.05) is 13.8 Å². The Morgan fingerprint density at radius 2 is 2.32 bits per heavy atom. The summed E-state index contributed by atoms with van der Waals surface area (Å²) in [6, 6.07) is 2.14. The second-order valence-electron chi connectivity index (χ2n) is 6.31. The van der Waals surface area contributed by atoms with Crippen molar-refractivity contribution in [2.45, 2.75) is 46.3 Å². The molecule has 2 aromatic rings. The van der Waals surface area contributed by atoms with Crippen LogP contribution in [0.25, 0.3) is 0 Å². The minimum Gasteiger partial charge on any atom is -0.388 e. The molecule has 0 spiro atoms. The summed E-state index contributed by atoms with van der Waals surface area (Å²) in [5.74, 6) is 0. The fourth-order valence-electron chi connectivity index (χ4n) is 3.10. The molecule has 0 aliphatic heterocycles. The van der Waals surface area contributed by atoms with Crippen LogP contribution in [0.3, 0.4) is 0 Å². The zero-order valence-corrected chi connectivity index (χ0v) is 12.5. The third-order valence-corrected chi connectivity index (χ3v) is 4.64. The predicted molar refractivity (Wildman–Crippen MR) is 77.4 cm³/mol. The van der Waals surface area contributed by atoms with Crippen LogP contribution in [-0.4, -0.2) is 14.7 Å². The molecule has 2 heterocycles. The van der Waals surface area contributed by atoms with E-state index >= 15 is 0 Å². The number of thiazole rings is 1. The molecular weight excluding hydrogens is 256 g/mol. The van der Waals surface area contributed by atoms with Crippen LogP contribution < -0.4 is 0 Å². The SMILES string of the molecule is Cc1cc2c(n1Cc1cscn1)CC(C)(C)CC2O. The normalized spacial score (nSPS) is 21.4. The van der Waals surface area contributed by atoms with E-state index in [1.165, 1.54) is 11.4 Å². The molecule has 3 rings (SSSR count). The fourth-order valence-corrected chi connectivity index (χ4v) is 3.65. The number of hydrogen-bond donors (Lipinski definition) is 1. The van der Waals surface area contributed by atoms with Gasteiger partial charge in [0, 0.05) is 22.3 Å². The molecule has 19 heavy (non-hydrogen) atoms. The topological polar surface area (TPSA) is 38.0 Å². The zero-order chi connectivity index (χ0) is 13.6. The number of rotatable bonds is 2. The van der Waals surface area contributed by atoms with Gasteiger partial charge in [-0.15, -0.1) is 11.3 Å². The van der Waals surface area contributed by atoms with Crippen LogP contribution in [0.2, 0.25) is 0 Å². The monoisotopic (exact) mass is 276 g/mol. The van der Waals surface area contributed by atoms with E-state index in [1.807, 2.05) is 5.51 Å². The maximum absolute atomic E-state index is 10.3. The summed E-state index contributed by atoms with van der Waals surface area (Å²) in [4.78, 5) is 4.37. The first-order valence-corrected chi connectivity index (χ1v) is 7.64. The summed E-state index contributed by atoms with van der Waals surface area (Å²) >= 11 is 1.63. The summed E-state index contributed by atoms with van der Waals surface area (Å²) in [6.45, 7) is 7.39.